The van der Waals surface area contributed by atoms with Gasteiger partial charge < -0.3 is 5.32 Å². The highest BCUT2D eigenvalue weighted by molar-refractivity contribution is 6.36. The van der Waals surface area contributed by atoms with Crippen LogP contribution in [0.1, 0.15) is 27.8 Å². The molecule has 0 atom stereocenters. The molecule has 0 saturated carbocycles. The van der Waals surface area contributed by atoms with Gasteiger partial charge in [0.2, 0.25) is 0 Å². The monoisotopic (exact) mass is 780 g/mol. The van der Waals surface area contributed by atoms with Crippen LogP contribution in [0.3, 0.4) is 0 Å². The quantitative estimate of drug-likeness (QED) is 0.143. The van der Waals surface area contributed by atoms with Crippen LogP contribution in [0.4, 0.5) is 0 Å². The highest BCUT2D eigenvalue weighted by Gasteiger charge is 2.25. The standard InChI is InChI=1S/C57H40N4/c58-55(46-25-14-5-15-26-46)54(45-23-12-4-13-24-45)56-49-28-16-27-48(50(49)37-51(59-56)42-17-6-1-7-18-42)41-33-29-39(30-34-41)40-31-35-47(36-32-40)57-60-52(43-19-8-2-9-20-43)38-53(61-57)44-21-10-3-11-22-44/h1-38,58-59H/b56-54-,58-55?. The summed E-state index contributed by atoms with van der Waals surface area (Å²) >= 11 is 0. The van der Waals surface area contributed by atoms with E-state index in [9.17, 15) is 5.41 Å². The molecule has 9 aromatic rings. The Balaban J connectivity index is 1.03. The maximum absolute atomic E-state index is 9.62. The molecule has 2 N–H and O–H groups in total. The summed E-state index contributed by atoms with van der Waals surface area (Å²) in [5, 5.41) is 13.4. The van der Waals surface area contributed by atoms with Gasteiger partial charge in [-0.1, -0.05) is 218 Å². The molecule has 4 heteroatoms. The SMILES string of the molecule is N=C(/C(=C1\NC(c2ccccc2)=Cc2c1cccc2-c1ccc(-c2ccc(-c3nc(-c4ccccc4)cc(-c4ccccc4)n3)cc2)cc1)c1ccccc1)c1ccccc1. The number of aromatic nitrogens is 2. The largest absolute Gasteiger partial charge is 0.354 e. The molecular weight excluding hydrogens is 741 g/mol. The van der Waals surface area contributed by atoms with Gasteiger partial charge in [-0.3, -0.25) is 5.41 Å². The summed E-state index contributed by atoms with van der Waals surface area (Å²) in [6.45, 7) is 0. The summed E-state index contributed by atoms with van der Waals surface area (Å²) < 4.78 is 0. The number of nitrogens with one attached hydrogen (secondary N) is 2. The van der Waals surface area contributed by atoms with Gasteiger partial charge in [-0.15, -0.1) is 0 Å². The number of hydrogen-bond acceptors (Lipinski definition) is 4. The Hall–Kier alpha value is -8.21. The topological polar surface area (TPSA) is 61.7 Å². The molecule has 10 rings (SSSR count). The molecule has 0 aliphatic carbocycles. The minimum atomic E-state index is 0.461. The van der Waals surface area contributed by atoms with E-state index in [2.05, 4.69) is 145 Å². The maximum Gasteiger partial charge on any atom is 0.160 e. The smallest absolute Gasteiger partial charge is 0.160 e. The lowest BCUT2D eigenvalue weighted by atomic mass is 9.85. The molecule has 1 aliphatic rings. The van der Waals surface area contributed by atoms with Crippen LogP contribution in [0.2, 0.25) is 0 Å². The van der Waals surface area contributed by atoms with Gasteiger partial charge in [-0.2, -0.15) is 0 Å². The second kappa shape index (κ2) is 16.6. The second-order valence-electron chi connectivity index (χ2n) is 15.0. The molecule has 0 amide bonds. The van der Waals surface area contributed by atoms with E-state index in [1.807, 2.05) is 91.0 Å². The van der Waals surface area contributed by atoms with Gasteiger partial charge in [-0.25, -0.2) is 9.97 Å². The zero-order valence-electron chi connectivity index (χ0n) is 33.3. The van der Waals surface area contributed by atoms with Crippen molar-refractivity contribution in [3.05, 3.63) is 252 Å². The summed E-state index contributed by atoms with van der Waals surface area (Å²) in [6, 6.07) is 77.2. The van der Waals surface area contributed by atoms with Gasteiger partial charge in [0.15, 0.2) is 5.82 Å². The molecule has 288 valence electrons. The van der Waals surface area contributed by atoms with Gasteiger partial charge in [0.25, 0.3) is 0 Å². The molecule has 1 aliphatic heterocycles. The van der Waals surface area contributed by atoms with Crippen molar-refractivity contribution in [1.29, 1.82) is 5.41 Å². The first-order valence-electron chi connectivity index (χ1n) is 20.5. The lowest BCUT2D eigenvalue weighted by Crippen LogP contribution is -2.20. The molecule has 0 spiro atoms. The molecule has 0 unspecified atom stereocenters. The molecule has 0 bridgehead atoms. The molecular formula is C57H40N4. The van der Waals surface area contributed by atoms with Crippen LogP contribution >= 0.6 is 0 Å². The van der Waals surface area contributed by atoms with Crippen LogP contribution in [0.15, 0.2) is 224 Å². The number of nitrogens with zero attached hydrogens (tertiary/aromatic N) is 2. The zero-order valence-corrected chi connectivity index (χ0v) is 33.3. The lowest BCUT2D eigenvalue weighted by molar-refractivity contribution is 1.18. The van der Waals surface area contributed by atoms with E-state index in [0.29, 0.717) is 11.5 Å². The van der Waals surface area contributed by atoms with Crippen molar-refractivity contribution in [2.75, 3.05) is 0 Å². The van der Waals surface area contributed by atoms with Crippen LogP contribution in [0, 0.1) is 5.41 Å². The predicted octanol–water partition coefficient (Wildman–Crippen LogP) is 13.8. The minimum Gasteiger partial charge on any atom is -0.354 e. The summed E-state index contributed by atoms with van der Waals surface area (Å²) in [5.41, 5.74) is 17.6. The predicted molar refractivity (Wildman–Crippen MR) is 253 cm³/mol. The van der Waals surface area contributed by atoms with Crippen molar-refractivity contribution in [3.63, 3.8) is 0 Å². The first kappa shape index (κ1) is 37.1. The van der Waals surface area contributed by atoms with Gasteiger partial charge >= 0.3 is 0 Å². The molecule has 0 saturated heterocycles. The Morgan fingerprint density at radius 3 is 1.36 bits per heavy atom. The average molecular weight is 781 g/mol. The van der Waals surface area contributed by atoms with Crippen molar-refractivity contribution in [3.8, 4) is 56.2 Å². The number of benzene rings is 8. The van der Waals surface area contributed by atoms with Crippen LogP contribution in [0.5, 0.6) is 0 Å². The Labute approximate surface area is 356 Å². The normalized spacial score (nSPS) is 12.8. The van der Waals surface area contributed by atoms with E-state index in [0.717, 1.165) is 95.1 Å². The third-order valence-corrected chi connectivity index (χ3v) is 11.2. The summed E-state index contributed by atoms with van der Waals surface area (Å²) in [7, 11) is 0. The second-order valence-corrected chi connectivity index (χ2v) is 15.0. The van der Waals surface area contributed by atoms with Crippen molar-refractivity contribution in [2.24, 2.45) is 0 Å². The summed E-state index contributed by atoms with van der Waals surface area (Å²) in [5.74, 6) is 0.691. The first-order valence-corrected chi connectivity index (χ1v) is 20.5. The van der Waals surface area contributed by atoms with E-state index in [1.54, 1.807) is 0 Å². The molecule has 2 heterocycles. The first-order chi connectivity index (χ1) is 30.2. The zero-order chi connectivity index (χ0) is 41.0. The molecule has 8 aromatic carbocycles. The highest BCUT2D eigenvalue weighted by atomic mass is 14.9. The van der Waals surface area contributed by atoms with E-state index in [1.165, 1.54) is 0 Å². The van der Waals surface area contributed by atoms with E-state index < -0.39 is 0 Å². The van der Waals surface area contributed by atoms with Crippen LogP contribution in [-0.2, 0) is 0 Å². The molecule has 0 fully saturated rings. The van der Waals surface area contributed by atoms with Gasteiger partial charge in [-0.05, 0) is 51.1 Å². The van der Waals surface area contributed by atoms with Crippen molar-refractivity contribution in [2.45, 2.75) is 0 Å². The molecule has 61 heavy (non-hydrogen) atoms. The van der Waals surface area contributed by atoms with Crippen LogP contribution in [0.25, 0.3) is 79.2 Å². The molecule has 0 radical (unpaired) electrons. The van der Waals surface area contributed by atoms with Crippen LogP contribution in [-0.4, -0.2) is 15.7 Å². The molecule has 4 nitrogen and oxygen atoms in total. The highest BCUT2D eigenvalue weighted by Crippen LogP contribution is 2.41. The van der Waals surface area contributed by atoms with Crippen molar-refractivity contribution < 1.29 is 0 Å². The van der Waals surface area contributed by atoms with Gasteiger partial charge in [0.05, 0.1) is 22.8 Å². The number of rotatable bonds is 9. The van der Waals surface area contributed by atoms with Gasteiger partial charge in [0, 0.05) is 39.1 Å². The Morgan fingerprint density at radius 2 is 0.820 bits per heavy atom. The third-order valence-electron chi connectivity index (χ3n) is 11.2. The summed E-state index contributed by atoms with van der Waals surface area (Å²) in [4.78, 5) is 10.1. The Morgan fingerprint density at radius 1 is 0.377 bits per heavy atom. The fourth-order valence-corrected chi connectivity index (χ4v) is 8.05. The fourth-order valence-electron chi connectivity index (χ4n) is 8.05. The number of fused-ring (bicyclic) bond motifs is 1. The van der Waals surface area contributed by atoms with E-state index >= 15 is 0 Å². The fraction of sp³-hybridized carbons (Fsp3) is 0. The van der Waals surface area contributed by atoms with Crippen LogP contribution < -0.4 is 5.32 Å². The van der Waals surface area contributed by atoms with E-state index in [4.69, 9.17) is 9.97 Å². The van der Waals surface area contributed by atoms with Crippen molar-refractivity contribution in [1.82, 2.24) is 15.3 Å². The summed E-state index contributed by atoms with van der Waals surface area (Å²) in [6.07, 6.45) is 2.25. The van der Waals surface area contributed by atoms with E-state index in [-0.39, 0.29) is 0 Å². The number of hydrogen-bond donors (Lipinski definition) is 2. The van der Waals surface area contributed by atoms with Crippen molar-refractivity contribution >= 4 is 28.8 Å². The molecule has 1 aromatic heterocycles. The lowest BCUT2D eigenvalue weighted by Gasteiger charge is -2.27. The number of allylic oxidation sites excluding steroid dienone is 1. The third kappa shape index (κ3) is 7.62. The minimum absolute atomic E-state index is 0.461. The Bertz CT molecular complexity index is 2990. The Kier molecular flexibility index (Phi) is 10.1. The average Bonchev–Trinajstić information content (AvgIpc) is 3.35. The maximum atomic E-state index is 9.62. The van der Waals surface area contributed by atoms with Gasteiger partial charge in [0.1, 0.15) is 0 Å².